The summed E-state index contributed by atoms with van der Waals surface area (Å²) in [5.74, 6) is 0. The summed E-state index contributed by atoms with van der Waals surface area (Å²) < 4.78 is 97.5. The number of halogens is 8. The smallest absolute Gasteiger partial charge is 0.416 e. The second kappa shape index (κ2) is 4.19. The van der Waals surface area contributed by atoms with Crippen LogP contribution < -0.4 is 5.46 Å². The SMILES string of the molecule is F[B-](F)c1cc(C(F)(F)F)cc(C(F)(F)F)c1. The molecule has 0 bridgehead atoms. The summed E-state index contributed by atoms with van der Waals surface area (Å²) in [5, 5.41) is 0. The largest absolute Gasteiger partial charge is 0.505 e. The van der Waals surface area contributed by atoms with Crippen LogP contribution in [-0.4, -0.2) is 7.27 Å². The topological polar surface area (TPSA) is 0 Å². The molecule has 0 aliphatic heterocycles. The van der Waals surface area contributed by atoms with Gasteiger partial charge in [0.15, 0.2) is 0 Å². The fourth-order valence-corrected chi connectivity index (χ4v) is 1.10. The van der Waals surface area contributed by atoms with Crippen molar-refractivity contribution in [2.75, 3.05) is 0 Å². The highest BCUT2D eigenvalue weighted by Crippen LogP contribution is 2.34. The molecule has 0 unspecified atom stereocenters. The Bertz CT molecular complexity index is 373. The average Bonchev–Trinajstić information content (AvgIpc) is 2.14. The second-order valence-corrected chi connectivity index (χ2v) is 3.14. The van der Waals surface area contributed by atoms with Gasteiger partial charge >= 0.3 is 12.4 Å². The Morgan fingerprint density at radius 1 is 0.706 bits per heavy atom. The quantitative estimate of drug-likeness (QED) is 0.537. The normalized spacial score (nSPS) is 13.2. The molecular weight excluding hydrogens is 259 g/mol. The van der Waals surface area contributed by atoms with Crippen LogP contribution in [0.15, 0.2) is 18.2 Å². The Morgan fingerprint density at radius 3 is 1.29 bits per heavy atom. The number of hydrogen-bond donors (Lipinski definition) is 0. The van der Waals surface area contributed by atoms with Gasteiger partial charge in [-0.2, -0.15) is 31.8 Å². The Kier molecular flexibility index (Phi) is 3.40. The summed E-state index contributed by atoms with van der Waals surface area (Å²) in [6, 6.07) is -0.203. The minimum atomic E-state index is -5.11. The average molecular weight is 262 g/mol. The van der Waals surface area contributed by atoms with E-state index in [1.54, 1.807) is 0 Å². The molecule has 95 valence electrons. The summed E-state index contributed by atoms with van der Waals surface area (Å²) in [4.78, 5) is 0. The van der Waals surface area contributed by atoms with Crippen LogP contribution in [0.3, 0.4) is 0 Å². The van der Waals surface area contributed by atoms with Crippen molar-refractivity contribution in [3.8, 4) is 0 Å². The molecule has 17 heavy (non-hydrogen) atoms. The molecular formula is C8H3BF8-. The third-order valence-corrected chi connectivity index (χ3v) is 1.86. The van der Waals surface area contributed by atoms with E-state index in [0.29, 0.717) is 0 Å². The van der Waals surface area contributed by atoms with Crippen LogP contribution in [0.4, 0.5) is 35.0 Å². The van der Waals surface area contributed by atoms with Crippen molar-refractivity contribution in [2.24, 2.45) is 0 Å². The highest BCUT2D eigenvalue weighted by atomic mass is 19.4. The zero-order chi connectivity index (χ0) is 13.4. The van der Waals surface area contributed by atoms with Gasteiger partial charge in [-0.05, 0) is 6.07 Å². The van der Waals surface area contributed by atoms with Crippen LogP contribution in [0.1, 0.15) is 11.1 Å². The molecule has 0 fully saturated rings. The highest BCUT2D eigenvalue weighted by molar-refractivity contribution is 6.60. The minimum absolute atomic E-state index is 0.0000926. The second-order valence-electron chi connectivity index (χ2n) is 3.14. The maximum Gasteiger partial charge on any atom is 0.416 e. The van der Waals surface area contributed by atoms with Crippen LogP contribution in [0.25, 0.3) is 0 Å². The van der Waals surface area contributed by atoms with Gasteiger partial charge in [-0.25, -0.2) is 0 Å². The lowest BCUT2D eigenvalue weighted by Gasteiger charge is -2.17. The number of hydrogen-bond acceptors (Lipinski definition) is 0. The van der Waals surface area contributed by atoms with E-state index in [2.05, 4.69) is 0 Å². The number of alkyl halides is 6. The van der Waals surface area contributed by atoms with Crippen LogP contribution in [-0.2, 0) is 12.4 Å². The van der Waals surface area contributed by atoms with Crippen molar-refractivity contribution in [1.82, 2.24) is 0 Å². The van der Waals surface area contributed by atoms with Crippen LogP contribution in [0, 0.1) is 0 Å². The van der Waals surface area contributed by atoms with Gasteiger partial charge in [0.25, 0.3) is 7.27 Å². The molecule has 0 N–H and O–H groups in total. The van der Waals surface area contributed by atoms with Crippen LogP contribution in [0.2, 0.25) is 0 Å². The Morgan fingerprint density at radius 2 is 1.06 bits per heavy atom. The van der Waals surface area contributed by atoms with Gasteiger partial charge in [-0.3, -0.25) is 0 Å². The van der Waals surface area contributed by atoms with Gasteiger partial charge < -0.3 is 8.63 Å². The first-order valence-electron chi connectivity index (χ1n) is 4.09. The molecule has 0 aliphatic rings. The predicted molar refractivity (Wildman–Crippen MR) is 44.1 cm³/mol. The Hall–Kier alpha value is -1.28. The number of rotatable bonds is 1. The van der Waals surface area contributed by atoms with Gasteiger partial charge in [0.1, 0.15) is 0 Å². The summed E-state index contributed by atoms with van der Waals surface area (Å²) >= 11 is 0. The third kappa shape index (κ3) is 3.34. The highest BCUT2D eigenvalue weighted by Gasteiger charge is 2.36. The van der Waals surface area contributed by atoms with Gasteiger partial charge in [-0.1, -0.05) is 12.1 Å². The lowest BCUT2D eigenvalue weighted by atomic mass is 9.83. The maximum atomic E-state index is 12.2. The molecule has 0 aliphatic carbocycles. The van der Waals surface area contributed by atoms with E-state index in [1.165, 1.54) is 0 Å². The molecule has 0 heterocycles. The van der Waals surface area contributed by atoms with Crippen LogP contribution >= 0.6 is 0 Å². The zero-order valence-electron chi connectivity index (χ0n) is 7.83. The molecule has 0 aromatic heterocycles. The van der Waals surface area contributed by atoms with Gasteiger partial charge in [-0.15, -0.1) is 0 Å². The van der Waals surface area contributed by atoms with Gasteiger partial charge in [0.05, 0.1) is 11.1 Å². The molecule has 0 atom stereocenters. The Balaban J connectivity index is 3.40. The van der Waals surface area contributed by atoms with E-state index in [1.807, 2.05) is 0 Å². The summed E-state index contributed by atoms with van der Waals surface area (Å²) in [7, 11) is -3.40. The molecule has 1 rings (SSSR count). The fourth-order valence-electron chi connectivity index (χ4n) is 1.10. The first-order chi connectivity index (χ1) is 7.51. The van der Waals surface area contributed by atoms with Crippen molar-refractivity contribution in [3.63, 3.8) is 0 Å². The van der Waals surface area contributed by atoms with E-state index in [4.69, 9.17) is 0 Å². The van der Waals surface area contributed by atoms with Gasteiger partial charge in [0.2, 0.25) is 0 Å². The molecule has 1 aromatic carbocycles. The van der Waals surface area contributed by atoms with E-state index in [-0.39, 0.29) is 18.2 Å². The van der Waals surface area contributed by atoms with E-state index in [9.17, 15) is 35.0 Å². The molecule has 0 saturated carbocycles. The predicted octanol–water partition coefficient (Wildman–Crippen LogP) is 3.36. The lowest BCUT2D eigenvalue weighted by Crippen LogP contribution is -2.25. The first kappa shape index (κ1) is 13.8. The summed E-state index contributed by atoms with van der Waals surface area (Å²) in [5.41, 5.74) is -4.81. The fraction of sp³-hybridized carbons (Fsp3) is 0.250. The first-order valence-corrected chi connectivity index (χ1v) is 4.09. The molecule has 0 nitrogen and oxygen atoms in total. The molecule has 0 amide bonds. The van der Waals surface area contributed by atoms with Crippen molar-refractivity contribution < 1.29 is 35.0 Å². The van der Waals surface area contributed by atoms with Crippen molar-refractivity contribution >= 4 is 12.7 Å². The van der Waals surface area contributed by atoms with Crippen molar-refractivity contribution in [1.29, 1.82) is 0 Å². The molecule has 9 heteroatoms. The Labute approximate surface area is 90.4 Å². The van der Waals surface area contributed by atoms with Crippen molar-refractivity contribution in [3.05, 3.63) is 29.3 Å². The monoisotopic (exact) mass is 262 g/mol. The molecule has 0 saturated heterocycles. The number of benzene rings is 1. The minimum Gasteiger partial charge on any atom is -0.505 e. The van der Waals surface area contributed by atoms with E-state index < -0.39 is 36.2 Å². The zero-order valence-corrected chi connectivity index (χ0v) is 7.83. The van der Waals surface area contributed by atoms with Crippen molar-refractivity contribution in [2.45, 2.75) is 12.4 Å². The summed E-state index contributed by atoms with van der Waals surface area (Å²) in [6.45, 7) is 0. The standard InChI is InChI=1S/C8H3BF8/c10-7(11,12)4-1-5(8(13,14)15)3-6(2-4)9(16)17/h1-3H/q-1. The van der Waals surface area contributed by atoms with Gasteiger partial charge in [0, 0.05) is 0 Å². The lowest BCUT2D eigenvalue weighted by molar-refractivity contribution is -0.142. The third-order valence-electron chi connectivity index (χ3n) is 1.86. The van der Waals surface area contributed by atoms with E-state index >= 15 is 0 Å². The maximum absolute atomic E-state index is 12.2. The molecule has 0 spiro atoms. The summed E-state index contributed by atoms with van der Waals surface area (Å²) in [6.07, 6.45) is -10.2. The van der Waals surface area contributed by atoms with E-state index in [0.717, 1.165) is 0 Å². The molecule has 1 radical (unpaired) electrons. The molecule has 1 aromatic rings. The van der Waals surface area contributed by atoms with Crippen LogP contribution in [0.5, 0.6) is 0 Å².